The summed E-state index contributed by atoms with van der Waals surface area (Å²) in [6, 6.07) is 5.47. The van der Waals surface area contributed by atoms with Gasteiger partial charge in [0.2, 0.25) is 11.8 Å². The van der Waals surface area contributed by atoms with Crippen molar-refractivity contribution in [1.29, 1.82) is 0 Å². The Hall–Kier alpha value is -2.26. The molecule has 3 aliphatic rings. The summed E-state index contributed by atoms with van der Waals surface area (Å²) >= 11 is 12.2. The van der Waals surface area contributed by atoms with E-state index in [1.54, 1.807) is 19.1 Å². The fourth-order valence-electron chi connectivity index (χ4n) is 6.58. The van der Waals surface area contributed by atoms with Gasteiger partial charge in [0.05, 0.1) is 27.4 Å². The van der Waals surface area contributed by atoms with Crippen LogP contribution < -0.4 is 16.0 Å². The number of halogens is 4. The first-order chi connectivity index (χ1) is 17.7. The number of aliphatic hydroxyl groups is 1. The van der Waals surface area contributed by atoms with E-state index in [1.165, 1.54) is 18.2 Å². The molecule has 0 unspecified atom stereocenters. The summed E-state index contributed by atoms with van der Waals surface area (Å²) in [6.45, 7) is 7.69. The third-order valence-electron chi connectivity index (χ3n) is 8.04. The Labute approximate surface area is 230 Å². The number of carbonyl (C=O) groups is 2. The van der Waals surface area contributed by atoms with E-state index in [0.717, 1.165) is 0 Å². The number of rotatable bonds is 4. The second kappa shape index (κ2) is 9.15. The van der Waals surface area contributed by atoms with Crippen molar-refractivity contribution >= 4 is 40.7 Å². The number of fused-ring (bicyclic) bond motifs is 2. The lowest BCUT2D eigenvalue weighted by molar-refractivity contribution is -0.127. The molecule has 0 aromatic heterocycles. The molecule has 2 aliphatic heterocycles. The van der Waals surface area contributed by atoms with Crippen LogP contribution in [-0.2, 0) is 15.0 Å². The highest BCUT2D eigenvalue weighted by atomic mass is 35.5. The predicted molar refractivity (Wildman–Crippen MR) is 142 cm³/mol. The first-order valence-electron chi connectivity index (χ1n) is 12.7. The molecule has 204 valence electrons. The average molecular weight is 566 g/mol. The number of hydrogen-bond acceptors (Lipinski definition) is 4. The lowest BCUT2D eigenvalue weighted by atomic mass is 9.62. The van der Waals surface area contributed by atoms with Crippen LogP contribution in [0.4, 0.5) is 14.5 Å². The van der Waals surface area contributed by atoms with E-state index in [9.17, 15) is 14.7 Å². The molecule has 10 heteroatoms. The monoisotopic (exact) mass is 565 g/mol. The molecule has 1 saturated heterocycles. The highest BCUT2D eigenvalue weighted by molar-refractivity contribution is 6.31. The maximum absolute atomic E-state index is 15.7. The molecule has 38 heavy (non-hydrogen) atoms. The lowest BCUT2D eigenvalue weighted by Crippen LogP contribution is -2.57. The van der Waals surface area contributed by atoms with Crippen LogP contribution in [0.25, 0.3) is 0 Å². The van der Waals surface area contributed by atoms with Crippen molar-refractivity contribution in [2.45, 2.75) is 82.0 Å². The van der Waals surface area contributed by atoms with Gasteiger partial charge in [-0.15, -0.1) is 0 Å². The van der Waals surface area contributed by atoms with E-state index in [1.807, 2.05) is 20.8 Å². The van der Waals surface area contributed by atoms with Gasteiger partial charge in [-0.3, -0.25) is 9.59 Å². The number of amides is 2. The number of carbonyl (C=O) groups excluding carboxylic acids is 2. The number of benzene rings is 2. The van der Waals surface area contributed by atoms with Crippen LogP contribution in [0.2, 0.25) is 10.0 Å². The summed E-state index contributed by atoms with van der Waals surface area (Å²) in [6.07, 6.45) is 1.18. The highest BCUT2D eigenvalue weighted by Gasteiger charge is 2.66. The minimum Gasteiger partial charge on any atom is -0.390 e. The summed E-state index contributed by atoms with van der Waals surface area (Å²) in [7, 11) is 0. The molecule has 4 N–H and O–H groups in total. The van der Waals surface area contributed by atoms with Crippen LogP contribution in [-0.4, -0.2) is 40.6 Å². The fourth-order valence-corrected chi connectivity index (χ4v) is 6.91. The number of hydrogen-bond donors (Lipinski definition) is 4. The Kier molecular flexibility index (Phi) is 6.58. The third-order valence-corrected chi connectivity index (χ3v) is 8.63. The molecule has 1 aliphatic carbocycles. The Morgan fingerprint density at radius 1 is 1.13 bits per heavy atom. The van der Waals surface area contributed by atoms with Crippen molar-refractivity contribution in [2.75, 3.05) is 5.32 Å². The molecule has 2 amide bonds. The van der Waals surface area contributed by atoms with Crippen LogP contribution in [0, 0.1) is 17.0 Å². The molecule has 1 spiro atoms. The van der Waals surface area contributed by atoms with E-state index in [4.69, 9.17) is 23.2 Å². The van der Waals surface area contributed by atoms with Gasteiger partial charge in [-0.05, 0) is 54.9 Å². The quantitative estimate of drug-likeness (QED) is 0.417. The van der Waals surface area contributed by atoms with Crippen LogP contribution in [0.3, 0.4) is 0 Å². The van der Waals surface area contributed by atoms with E-state index in [0.29, 0.717) is 24.8 Å². The summed E-state index contributed by atoms with van der Waals surface area (Å²) in [5, 5.41) is 18.8. The Morgan fingerprint density at radius 2 is 1.79 bits per heavy atom. The molecule has 4 atom stereocenters. The smallest absolute Gasteiger partial charge is 0.238 e. The number of anilines is 1. The zero-order valence-corrected chi connectivity index (χ0v) is 23.1. The summed E-state index contributed by atoms with van der Waals surface area (Å²) in [5.41, 5.74) is -2.37. The van der Waals surface area contributed by atoms with Gasteiger partial charge in [0.15, 0.2) is 5.82 Å². The second-order valence-electron chi connectivity index (χ2n) is 12.3. The zero-order chi connectivity index (χ0) is 27.8. The maximum Gasteiger partial charge on any atom is 0.238 e. The second-order valence-corrected chi connectivity index (χ2v) is 13.1. The van der Waals surface area contributed by atoms with Crippen molar-refractivity contribution in [3.8, 4) is 0 Å². The molecule has 2 aromatic rings. The van der Waals surface area contributed by atoms with E-state index in [-0.39, 0.29) is 32.8 Å². The highest BCUT2D eigenvalue weighted by Crippen LogP contribution is 2.57. The molecular weight excluding hydrogens is 535 g/mol. The van der Waals surface area contributed by atoms with E-state index < -0.39 is 52.5 Å². The molecule has 0 radical (unpaired) electrons. The predicted octanol–water partition coefficient (Wildman–Crippen LogP) is 5.05. The SMILES string of the molecule is CC(C)(C)C[C@@H]1N[C@@H](C(=O)N[C@H]2C[C@@](C)(O)C2)[C@H](c2cccc(Cl)c2F)[C@]12C(=O)Nc1c2ccc(Cl)c1F. The molecule has 0 bridgehead atoms. The van der Waals surface area contributed by atoms with Gasteiger partial charge in [-0.1, -0.05) is 62.2 Å². The summed E-state index contributed by atoms with van der Waals surface area (Å²) in [5.74, 6) is -3.55. The van der Waals surface area contributed by atoms with Crippen LogP contribution in [0.5, 0.6) is 0 Å². The average Bonchev–Trinajstić information content (AvgIpc) is 3.27. The van der Waals surface area contributed by atoms with Crippen LogP contribution in [0.15, 0.2) is 30.3 Å². The van der Waals surface area contributed by atoms with Gasteiger partial charge in [-0.25, -0.2) is 8.78 Å². The third kappa shape index (κ3) is 4.30. The maximum atomic E-state index is 15.7. The van der Waals surface area contributed by atoms with E-state index >= 15 is 8.78 Å². The van der Waals surface area contributed by atoms with E-state index in [2.05, 4.69) is 16.0 Å². The molecule has 1 saturated carbocycles. The Balaban J connectivity index is 1.71. The van der Waals surface area contributed by atoms with Crippen molar-refractivity contribution in [2.24, 2.45) is 5.41 Å². The van der Waals surface area contributed by atoms with Gasteiger partial charge in [0, 0.05) is 18.0 Å². The van der Waals surface area contributed by atoms with Crippen LogP contribution in [0.1, 0.15) is 64.0 Å². The number of nitrogens with one attached hydrogen (secondary N) is 3. The van der Waals surface area contributed by atoms with Gasteiger partial charge < -0.3 is 21.1 Å². The Bertz CT molecular complexity index is 1320. The summed E-state index contributed by atoms with van der Waals surface area (Å²) < 4.78 is 31.0. The Morgan fingerprint density at radius 3 is 2.42 bits per heavy atom. The van der Waals surface area contributed by atoms with Gasteiger partial charge in [-0.2, -0.15) is 0 Å². The first kappa shape index (κ1) is 27.3. The molecule has 2 heterocycles. The standard InChI is InChI=1S/C28H31Cl2F2N3O3/c1-26(2,3)12-18-28(15-8-9-17(30)21(32)22(15)35-25(28)37)19(14-6-5-7-16(29)20(14)31)23(34-18)24(36)33-13-10-27(4,38)11-13/h5-9,13,18-19,23,34,38H,10-12H2,1-4H3,(H,33,36)(H,35,37)/t13-,18-,19-,23+,27+,28+/m0/s1. The first-order valence-corrected chi connectivity index (χ1v) is 13.4. The zero-order valence-electron chi connectivity index (χ0n) is 21.6. The largest absolute Gasteiger partial charge is 0.390 e. The van der Waals surface area contributed by atoms with Gasteiger partial charge in [0.25, 0.3) is 0 Å². The summed E-state index contributed by atoms with van der Waals surface area (Å²) in [4.78, 5) is 27.8. The van der Waals surface area contributed by atoms with Gasteiger partial charge in [0.1, 0.15) is 11.2 Å². The molecule has 2 fully saturated rings. The van der Waals surface area contributed by atoms with Gasteiger partial charge >= 0.3 is 0 Å². The van der Waals surface area contributed by atoms with Crippen molar-refractivity contribution in [3.63, 3.8) is 0 Å². The minimum atomic E-state index is -1.54. The molecule has 5 rings (SSSR count). The van der Waals surface area contributed by atoms with Crippen LogP contribution >= 0.6 is 23.2 Å². The lowest BCUT2D eigenvalue weighted by Gasteiger charge is -2.42. The minimum absolute atomic E-state index is 0.0632. The normalized spacial score (nSPS) is 32.2. The molecule has 2 aromatic carbocycles. The fraction of sp³-hybridized carbons (Fsp3) is 0.500. The topological polar surface area (TPSA) is 90.5 Å². The van der Waals surface area contributed by atoms with Crippen molar-refractivity contribution in [1.82, 2.24) is 10.6 Å². The van der Waals surface area contributed by atoms with Crippen molar-refractivity contribution < 1.29 is 23.5 Å². The van der Waals surface area contributed by atoms with Crippen molar-refractivity contribution in [3.05, 3.63) is 63.1 Å². The molecule has 6 nitrogen and oxygen atoms in total. The molecular formula is C28H31Cl2F2N3O3.